The molecule has 76 valence electrons. The van der Waals surface area contributed by atoms with Crippen molar-refractivity contribution in [3.05, 3.63) is 26.8 Å². The summed E-state index contributed by atoms with van der Waals surface area (Å²) >= 11 is 8.23. The van der Waals surface area contributed by atoms with Crippen LogP contribution in [0.3, 0.4) is 0 Å². The molecule has 1 N–H and O–H groups in total. The van der Waals surface area contributed by atoms with Gasteiger partial charge in [-0.05, 0) is 53.6 Å². The molecule has 1 aliphatic carbocycles. The van der Waals surface area contributed by atoms with Crippen molar-refractivity contribution in [2.75, 3.05) is 5.32 Å². The molecule has 1 aromatic rings. The lowest BCUT2D eigenvalue weighted by Gasteiger charge is -2.14. The minimum atomic E-state index is 0.671. The minimum Gasteiger partial charge on any atom is -0.381 e. The molecule has 0 radical (unpaired) electrons. The van der Waals surface area contributed by atoms with Crippen molar-refractivity contribution >= 4 is 39.9 Å². The predicted octanol–water partition coefficient (Wildman–Crippen LogP) is 4.30. The molecular weight excluding hydrogens is 308 g/mol. The van der Waals surface area contributed by atoms with Crippen molar-refractivity contribution < 1.29 is 0 Å². The van der Waals surface area contributed by atoms with E-state index in [0.29, 0.717) is 6.04 Å². The average Bonchev–Trinajstić information content (AvgIpc) is 2.62. The zero-order valence-corrected chi connectivity index (χ0v) is 10.8. The first kappa shape index (κ1) is 10.6. The molecule has 1 aromatic carbocycles. The highest BCUT2D eigenvalue weighted by Crippen LogP contribution is 2.27. The maximum absolute atomic E-state index is 5.90. The van der Waals surface area contributed by atoms with Crippen molar-refractivity contribution in [2.24, 2.45) is 0 Å². The van der Waals surface area contributed by atoms with Gasteiger partial charge in [-0.25, -0.2) is 0 Å². The molecule has 0 unspecified atom stereocenters. The van der Waals surface area contributed by atoms with Crippen LogP contribution >= 0.6 is 34.2 Å². The Balaban J connectivity index is 2.08. The Morgan fingerprint density at radius 2 is 2.00 bits per heavy atom. The number of rotatable bonds is 2. The van der Waals surface area contributed by atoms with E-state index in [1.165, 1.54) is 34.9 Å². The number of benzene rings is 1. The first-order valence-electron chi connectivity index (χ1n) is 4.97. The van der Waals surface area contributed by atoms with Crippen molar-refractivity contribution in [3.63, 3.8) is 0 Å². The van der Waals surface area contributed by atoms with Gasteiger partial charge in [0.2, 0.25) is 0 Å². The van der Waals surface area contributed by atoms with Crippen LogP contribution in [0.5, 0.6) is 0 Å². The fourth-order valence-electron chi connectivity index (χ4n) is 1.90. The minimum absolute atomic E-state index is 0.671. The first-order chi connectivity index (χ1) is 6.75. The fraction of sp³-hybridized carbons (Fsp3) is 0.455. The number of hydrogen-bond donors (Lipinski definition) is 1. The smallest absolute Gasteiger partial charge is 0.0479 e. The number of anilines is 1. The van der Waals surface area contributed by atoms with Gasteiger partial charge in [-0.3, -0.25) is 0 Å². The van der Waals surface area contributed by atoms with Crippen LogP contribution in [-0.4, -0.2) is 6.04 Å². The van der Waals surface area contributed by atoms with Gasteiger partial charge in [0.25, 0.3) is 0 Å². The van der Waals surface area contributed by atoms with Crippen LogP contribution in [0.2, 0.25) is 5.02 Å². The van der Waals surface area contributed by atoms with Crippen molar-refractivity contribution in [1.82, 2.24) is 0 Å². The first-order valence-corrected chi connectivity index (χ1v) is 6.43. The van der Waals surface area contributed by atoms with E-state index in [1.807, 2.05) is 12.1 Å². The second kappa shape index (κ2) is 4.71. The maximum atomic E-state index is 5.90. The van der Waals surface area contributed by atoms with E-state index in [9.17, 15) is 0 Å². The monoisotopic (exact) mass is 321 g/mol. The predicted molar refractivity (Wildman–Crippen MR) is 70.0 cm³/mol. The standard InChI is InChI=1S/C11H13ClIN/c12-8-5-6-11(10(13)7-8)14-9-3-1-2-4-9/h5-7,9,14H,1-4H2. The van der Waals surface area contributed by atoms with Gasteiger partial charge in [0, 0.05) is 20.3 Å². The highest BCUT2D eigenvalue weighted by molar-refractivity contribution is 14.1. The van der Waals surface area contributed by atoms with Gasteiger partial charge in [0.05, 0.1) is 0 Å². The van der Waals surface area contributed by atoms with E-state index in [2.05, 4.69) is 34.0 Å². The Hall–Kier alpha value is 0.0400. The number of nitrogens with one attached hydrogen (secondary N) is 1. The van der Waals surface area contributed by atoms with Gasteiger partial charge >= 0.3 is 0 Å². The van der Waals surface area contributed by atoms with Gasteiger partial charge in [-0.1, -0.05) is 24.4 Å². The van der Waals surface area contributed by atoms with Crippen LogP contribution in [0.1, 0.15) is 25.7 Å². The molecule has 2 rings (SSSR count). The molecule has 0 atom stereocenters. The van der Waals surface area contributed by atoms with Gasteiger partial charge < -0.3 is 5.32 Å². The van der Waals surface area contributed by atoms with Gasteiger partial charge in [-0.2, -0.15) is 0 Å². The Bertz CT molecular complexity index is 321. The molecule has 0 saturated heterocycles. The van der Waals surface area contributed by atoms with Crippen LogP contribution in [0.4, 0.5) is 5.69 Å². The second-order valence-electron chi connectivity index (χ2n) is 3.75. The summed E-state index contributed by atoms with van der Waals surface area (Å²) in [6, 6.07) is 6.69. The normalized spacial score (nSPS) is 17.3. The van der Waals surface area contributed by atoms with E-state index in [0.717, 1.165) is 5.02 Å². The summed E-state index contributed by atoms with van der Waals surface area (Å²) in [6.07, 6.45) is 5.33. The molecule has 1 saturated carbocycles. The molecular formula is C11H13ClIN. The molecule has 0 heterocycles. The van der Waals surface area contributed by atoms with E-state index in [-0.39, 0.29) is 0 Å². The Kier molecular flexibility index (Phi) is 3.55. The molecule has 3 heteroatoms. The summed E-state index contributed by atoms with van der Waals surface area (Å²) in [5.74, 6) is 0. The summed E-state index contributed by atoms with van der Waals surface area (Å²) in [7, 11) is 0. The zero-order chi connectivity index (χ0) is 9.97. The molecule has 0 amide bonds. The highest BCUT2D eigenvalue weighted by atomic mass is 127. The summed E-state index contributed by atoms with van der Waals surface area (Å²) in [6.45, 7) is 0. The molecule has 1 nitrogen and oxygen atoms in total. The largest absolute Gasteiger partial charge is 0.381 e. The number of hydrogen-bond acceptors (Lipinski definition) is 1. The Morgan fingerprint density at radius 1 is 1.29 bits per heavy atom. The third-order valence-electron chi connectivity index (χ3n) is 2.65. The van der Waals surface area contributed by atoms with Crippen LogP contribution in [0.15, 0.2) is 18.2 Å². The average molecular weight is 322 g/mol. The second-order valence-corrected chi connectivity index (χ2v) is 5.35. The molecule has 0 aliphatic heterocycles. The lowest BCUT2D eigenvalue weighted by atomic mass is 10.2. The molecule has 0 aromatic heterocycles. The summed E-state index contributed by atoms with van der Waals surface area (Å²) in [5, 5.41) is 4.38. The highest BCUT2D eigenvalue weighted by Gasteiger charge is 2.15. The summed E-state index contributed by atoms with van der Waals surface area (Å²) in [5.41, 5.74) is 1.22. The number of halogens is 2. The quantitative estimate of drug-likeness (QED) is 0.801. The summed E-state index contributed by atoms with van der Waals surface area (Å²) in [4.78, 5) is 0. The van der Waals surface area contributed by atoms with Crippen LogP contribution in [0, 0.1) is 3.57 Å². The van der Waals surface area contributed by atoms with Crippen molar-refractivity contribution in [2.45, 2.75) is 31.7 Å². The van der Waals surface area contributed by atoms with Crippen LogP contribution in [0.25, 0.3) is 0 Å². The van der Waals surface area contributed by atoms with Crippen LogP contribution in [-0.2, 0) is 0 Å². The lowest BCUT2D eigenvalue weighted by Crippen LogP contribution is -2.15. The van der Waals surface area contributed by atoms with Crippen molar-refractivity contribution in [1.29, 1.82) is 0 Å². The maximum Gasteiger partial charge on any atom is 0.0479 e. The Morgan fingerprint density at radius 3 is 2.64 bits per heavy atom. The van der Waals surface area contributed by atoms with Gasteiger partial charge in [-0.15, -0.1) is 0 Å². The topological polar surface area (TPSA) is 12.0 Å². The third kappa shape index (κ3) is 2.54. The Labute approximate surface area is 103 Å². The molecule has 14 heavy (non-hydrogen) atoms. The lowest BCUT2D eigenvalue weighted by molar-refractivity contribution is 0.755. The molecule has 0 spiro atoms. The van der Waals surface area contributed by atoms with E-state index >= 15 is 0 Å². The molecule has 1 fully saturated rings. The zero-order valence-electron chi connectivity index (χ0n) is 7.89. The summed E-state index contributed by atoms with van der Waals surface area (Å²) < 4.78 is 1.21. The third-order valence-corrected chi connectivity index (χ3v) is 3.77. The van der Waals surface area contributed by atoms with Gasteiger partial charge in [0.1, 0.15) is 0 Å². The van der Waals surface area contributed by atoms with Crippen LogP contribution < -0.4 is 5.32 Å². The molecule has 0 bridgehead atoms. The van der Waals surface area contributed by atoms with E-state index in [1.54, 1.807) is 0 Å². The molecule has 1 aliphatic rings. The van der Waals surface area contributed by atoms with E-state index in [4.69, 9.17) is 11.6 Å². The van der Waals surface area contributed by atoms with E-state index < -0.39 is 0 Å². The fourth-order valence-corrected chi connectivity index (χ4v) is 2.92. The SMILES string of the molecule is Clc1ccc(NC2CCCC2)c(I)c1. The van der Waals surface area contributed by atoms with Crippen molar-refractivity contribution in [3.8, 4) is 0 Å². The van der Waals surface area contributed by atoms with Gasteiger partial charge in [0.15, 0.2) is 0 Å².